The molecule has 2 aliphatic rings. The van der Waals surface area contributed by atoms with E-state index in [4.69, 9.17) is 4.74 Å². The molecule has 1 aromatic carbocycles. The van der Waals surface area contributed by atoms with Gasteiger partial charge < -0.3 is 14.7 Å². The Labute approximate surface area is 202 Å². The summed E-state index contributed by atoms with van der Waals surface area (Å²) in [4.78, 5) is 23.2. The van der Waals surface area contributed by atoms with Gasteiger partial charge in [-0.2, -0.15) is 0 Å². The van der Waals surface area contributed by atoms with Crippen molar-refractivity contribution >= 4 is 44.8 Å². The Hall–Kier alpha value is -1.84. The number of likely N-dealkylation sites (tertiary alicyclic amines) is 1. The van der Waals surface area contributed by atoms with E-state index in [1.807, 2.05) is 23.9 Å². The number of aromatic nitrogens is 1. The second kappa shape index (κ2) is 11.1. The van der Waals surface area contributed by atoms with Gasteiger partial charge in [0.25, 0.3) is 0 Å². The van der Waals surface area contributed by atoms with Crippen LogP contribution in [-0.2, 0) is 11.2 Å². The maximum atomic E-state index is 14.6. The quantitative estimate of drug-likeness (QED) is 0.545. The molecular formula is C24H30FN3O3S2. The molecule has 2 aliphatic heterocycles. The average Bonchev–Trinajstić information content (AvgIpc) is 3.34. The first kappa shape index (κ1) is 24.3. The number of ether oxygens (including phenoxy) is 1. The summed E-state index contributed by atoms with van der Waals surface area (Å²) in [5.74, 6) is 1.65. The lowest BCUT2D eigenvalue weighted by molar-refractivity contribution is -0.152. The van der Waals surface area contributed by atoms with Gasteiger partial charge in [0.2, 0.25) is 0 Å². The fourth-order valence-electron chi connectivity index (χ4n) is 4.63. The molecule has 33 heavy (non-hydrogen) atoms. The first-order valence-electron chi connectivity index (χ1n) is 11.4. The molecule has 0 unspecified atom stereocenters. The van der Waals surface area contributed by atoms with Gasteiger partial charge in [-0.3, -0.25) is 14.8 Å². The van der Waals surface area contributed by atoms with Crippen LogP contribution in [0.15, 0.2) is 29.4 Å². The first-order valence-corrected chi connectivity index (χ1v) is 13.3. The van der Waals surface area contributed by atoms with E-state index in [1.165, 1.54) is 10.6 Å². The van der Waals surface area contributed by atoms with E-state index >= 15 is 0 Å². The Morgan fingerprint density at radius 1 is 1.36 bits per heavy atom. The summed E-state index contributed by atoms with van der Waals surface area (Å²) >= 11 is 3.63. The molecule has 0 bridgehead atoms. The number of aryl methyl sites for hydroxylation is 1. The summed E-state index contributed by atoms with van der Waals surface area (Å²) in [5, 5.41) is 10.8. The van der Waals surface area contributed by atoms with Crippen molar-refractivity contribution in [3.63, 3.8) is 0 Å². The highest BCUT2D eigenvalue weighted by atomic mass is 32.2. The van der Waals surface area contributed by atoms with E-state index < -0.39 is 11.4 Å². The van der Waals surface area contributed by atoms with Crippen molar-refractivity contribution < 1.29 is 19.0 Å². The number of benzene rings is 1. The third-order valence-electron chi connectivity index (χ3n) is 6.67. The molecule has 0 aliphatic carbocycles. The highest BCUT2D eigenvalue weighted by Crippen LogP contribution is 2.38. The van der Waals surface area contributed by atoms with Crippen molar-refractivity contribution in [1.29, 1.82) is 0 Å². The number of nitrogens with zero attached hydrogens (tertiary/aromatic N) is 3. The van der Waals surface area contributed by atoms with Crippen LogP contribution in [-0.4, -0.2) is 70.1 Å². The Bertz CT molecular complexity index is 1030. The third-order valence-corrected chi connectivity index (χ3v) is 8.91. The number of rotatable bonds is 9. The van der Waals surface area contributed by atoms with E-state index in [9.17, 15) is 14.3 Å². The van der Waals surface area contributed by atoms with Crippen LogP contribution in [0.2, 0.25) is 0 Å². The molecule has 0 atom stereocenters. The van der Waals surface area contributed by atoms with Crippen LogP contribution >= 0.6 is 23.5 Å². The van der Waals surface area contributed by atoms with E-state index in [0.717, 1.165) is 43.1 Å². The summed E-state index contributed by atoms with van der Waals surface area (Å²) < 4.78 is 21.1. The minimum absolute atomic E-state index is 0.350. The molecule has 1 aromatic heterocycles. The molecule has 0 radical (unpaired) electrons. The van der Waals surface area contributed by atoms with Crippen molar-refractivity contribution in [1.82, 2.24) is 9.88 Å². The second-order valence-corrected chi connectivity index (χ2v) is 11.0. The van der Waals surface area contributed by atoms with Gasteiger partial charge in [-0.25, -0.2) is 4.39 Å². The zero-order valence-corrected chi connectivity index (χ0v) is 20.5. The number of halogens is 1. The first-order chi connectivity index (χ1) is 16.0. The lowest BCUT2D eigenvalue weighted by atomic mass is 9.74. The summed E-state index contributed by atoms with van der Waals surface area (Å²) in [5.41, 5.74) is 0.571. The topological polar surface area (TPSA) is 75.0 Å². The van der Waals surface area contributed by atoms with Gasteiger partial charge in [0.1, 0.15) is 15.9 Å². The molecule has 0 saturated carbocycles. The van der Waals surface area contributed by atoms with Crippen molar-refractivity contribution in [3.8, 4) is 5.75 Å². The van der Waals surface area contributed by atoms with Crippen LogP contribution in [0.4, 0.5) is 4.39 Å². The number of piperidine rings is 1. The molecule has 0 amide bonds. The van der Waals surface area contributed by atoms with Gasteiger partial charge in [-0.05, 0) is 69.0 Å². The van der Waals surface area contributed by atoms with Crippen LogP contribution in [0.25, 0.3) is 10.9 Å². The van der Waals surface area contributed by atoms with Crippen LogP contribution in [0.5, 0.6) is 5.75 Å². The summed E-state index contributed by atoms with van der Waals surface area (Å²) in [6, 6.07) is 5.44. The zero-order valence-electron chi connectivity index (χ0n) is 18.9. The summed E-state index contributed by atoms with van der Waals surface area (Å²) in [6.07, 6.45) is 4.17. The largest absolute Gasteiger partial charge is 0.497 e. The van der Waals surface area contributed by atoms with Gasteiger partial charge in [0.05, 0.1) is 30.8 Å². The third kappa shape index (κ3) is 5.81. The smallest absolute Gasteiger partial charge is 0.309 e. The Morgan fingerprint density at radius 2 is 2.18 bits per heavy atom. The van der Waals surface area contributed by atoms with Crippen LogP contribution in [0.3, 0.4) is 0 Å². The Morgan fingerprint density at radius 3 is 2.88 bits per heavy atom. The number of methoxy groups -OCH3 is 1. The predicted molar refractivity (Wildman–Crippen MR) is 134 cm³/mol. The summed E-state index contributed by atoms with van der Waals surface area (Å²) in [7, 11) is 1.58. The molecule has 1 fully saturated rings. The molecule has 0 spiro atoms. The number of aliphatic imine (C=N–C) groups is 1. The number of thioether (sulfide) groups is 2. The fraction of sp³-hybridized carbons (Fsp3) is 0.542. The second-order valence-electron chi connectivity index (χ2n) is 8.59. The Kier molecular flexibility index (Phi) is 8.14. The lowest BCUT2D eigenvalue weighted by Crippen LogP contribution is -2.45. The van der Waals surface area contributed by atoms with Gasteiger partial charge >= 0.3 is 5.97 Å². The molecule has 1 saturated heterocycles. The molecule has 9 heteroatoms. The van der Waals surface area contributed by atoms with Crippen LogP contribution in [0.1, 0.15) is 31.2 Å². The van der Waals surface area contributed by atoms with Crippen molar-refractivity contribution in [2.45, 2.75) is 32.1 Å². The predicted octanol–water partition coefficient (Wildman–Crippen LogP) is 4.71. The van der Waals surface area contributed by atoms with Crippen molar-refractivity contribution in [2.75, 3.05) is 44.8 Å². The van der Waals surface area contributed by atoms with Crippen molar-refractivity contribution in [3.05, 3.63) is 35.8 Å². The number of pyridine rings is 1. The molecule has 1 N–H and O–H groups in total. The van der Waals surface area contributed by atoms with Crippen molar-refractivity contribution in [2.24, 2.45) is 10.4 Å². The molecule has 6 nitrogen and oxygen atoms in total. The fourth-order valence-corrected chi connectivity index (χ4v) is 6.71. The number of carbonyl (C=O) groups is 1. The monoisotopic (exact) mass is 491 g/mol. The SMILES string of the molecule is COc1ccc2ncc(F)c(CCCC3(C(=O)O)CCN(CCSC4=NCCS4)CC3)c2c1. The van der Waals surface area contributed by atoms with E-state index in [0.29, 0.717) is 48.9 Å². The number of carboxylic acids is 1. The molecule has 3 heterocycles. The molecule has 4 rings (SSSR count). The van der Waals surface area contributed by atoms with Gasteiger partial charge in [0.15, 0.2) is 0 Å². The van der Waals surface area contributed by atoms with Gasteiger partial charge in [-0.1, -0.05) is 23.5 Å². The van der Waals surface area contributed by atoms with E-state index in [2.05, 4.69) is 14.9 Å². The lowest BCUT2D eigenvalue weighted by Gasteiger charge is -2.39. The highest BCUT2D eigenvalue weighted by Gasteiger charge is 2.40. The number of aliphatic carboxylic acids is 1. The normalized spacial score (nSPS) is 18.4. The molecule has 178 valence electrons. The van der Waals surface area contributed by atoms with E-state index in [-0.39, 0.29) is 5.82 Å². The maximum Gasteiger partial charge on any atom is 0.309 e. The van der Waals surface area contributed by atoms with Gasteiger partial charge in [-0.15, -0.1) is 0 Å². The number of hydrogen-bond donors (Lipinski definition) is 1. The van der Waals surface area contributed by atoms with E-state index in [1.54, 1.807) is 24.9 Å². The van der Waals surface area contributed by atoms with Gasteiger partial charge in [0, 0.05) is 23.4 Å². The number of carboxylic acid groups (broad SMARTS) is 1. The number of hydrogen-bond acceptors (Lipinski definition) is 7. The molecular weight excluding hydrogens is 461 g/mol. The van der Waals surface area contributed by atoms with Crippen LogP contribution < -0.4 is 4.74 Å². The molecule has 2 aromatic rings. The minimum Gasteiger partial charge on any atom is -0.497 e. The Balaban J connectivity index is 1.34. The standard InChI is InChI=1S/C24H30FN3O3S2/c1-31-17-4-5-21-19(15-17)18(20(25)16-27-21)3-2-6-24(22(29)30)7-10-28(11-8-24)12-14-33-23-26-9-13-32-23/h4-5,15-16H,2-3,6-14H2,1H3,(H,29,30). The highest BCUT2D eigenvalue weighted by molar-refractivity contribution is 8.39. The minimum atomic E-state index is -0.730. The number of fused-ring (bicyclic) bond motifs is 1. The zero-order chi connectivity index (χ0) is 23.3. The maximum absolute atomic E-state index is 14.6. The summed E-state index contributed by atoms with van der Waals surface area (Å²) in [6.45, 7) is 3.45. The van der Waals surface area contributed by atoms with Crippen LogP contribution in [0, 0.1) is 11.2 Å². The average molecular weight is 492 g/mol.